The van der Waals surface area contributed by atoms with E-state index in [0.29, 0.717) is 16.3 Å². The molecule has 0 radical (unpaired) electrons. The maximum atomic E-state index is 13.7. The summed E-state index contributed by atoms with van der Waals surface area (Å²) < 4.78 is 42.1. The van der Waals surface area contributed by atoms with Gasteiger partial charge in [-0.05, 0) is 24.3 Å². The number of nitriles is 2. The Morgan fingerprint density at radius 3 is 2.07 bits per heavy atom. The van der Waals surface area contributed by atoms with Gasteiger partial charge in [0.05, 0.1) is 23.5 Å². The second-order valence-electron chi connectivity index (χ2n) is 5.55. The molecule has 1 aromatic heterocycles. The number of para-hydroxylation sites is 1. The van der Waals surface area contributed by atoms with Crippen LogP contribution >= 0.6 is 11.6 Å². The van der Waals surface area contributed by atoms with Gasteiger partial charge in [0.2, 0.25) is 0 Å². The highest BCUT2D eigenvalue weighted by Gasteiger charge is 2.42. The molecule has 3 aromatic rings. The van der Waals surface area contributed by atoms with Crippen molar-refractivity contribution in [3.8, 4) is 29.1 Å². The Hall–Kier alpha value is -3.29. The standard InChI is InChI=1S/C19H10ClF3N4/c20-14-8-6-12(7-9-14)17-16(13(10-24)11-25)18(19(21,22)23)26-27(17)15-4-2-1-3-5-15/h1-9,13H. The van der Waals surface area contributed by atoms with Crippen molar-refractivity contribution in [2.75, 3.05) is 0 Å². The van der Waals surface area contributed by atoms with E-state index in [1.807, 2.05) is 0 Å². The van der Waals surface area contributed by atoms with Gasteiger partial charge < -0.3 is 0 Å². The number of benzene rings is 2. The second-order valence-corrected chi connectivity index (χ2v) is 5.99. The topological polar surface area (TPSA) is 65.4 Å². The summed E-state index contributed by atoms with van der Waals surface area (Å²) in [6.45, 7) is 0. The molecule has 4 nitrogen and oxygen atoms in total. The molecule has 0 unspecified atom stereocenters. The van der Waals surface area contributed by atoms with Crippen LogP contribution in [0, 0.1) is 22.7 Å². The lowest BCUT2D eigenvalue weighted by Crippen LogP contribution is -2.11. The number of rotatable bonds is 3. The molecular weight excluding hydrogens is 377 g/mol. The molecule has 8 heteroatoms. The molecule has 0 bridgehead atoms. The summed E-state index contributed by atoms with van der Waals surface area (Å²) in [5.74, 6) is -1.63. The fourth-order valence-corrected chi connectivity index (χ4v) is 2.84. The molecule has 0 aliphatic carbocycles. The number of hydrogen-bond donors (Lipinski definition) is 0. The van der Waals surface area contributed by atoms with Gasteiger partial charge in [0.15, 0.2) is 11.6 Å². The molecule has 134 valence electrons. The van der Waals surface area contributed by atoms with Gasteiger partial charge in [0.1, 0.15) is 0 Å². The molecule has 27 heavy (non-hydrogen) atoms. The van der Waals surface area contributed by atoms with E-state index in [9.17, 15) is 23.7 Å². The van der Waals surface area contributed by atoms with Crippen LogP contribution in [0.25, 0.3) is 16.9 Å². The van der Waals surface area contributed by atoms with E-state index in [1.54, 1.807) is 42.5 Å². The average Bonchev–Trinajstić information content (AvgIpc) is 3.05. The number of alkyl halides is 3. The summed E-state index contributed by atoms with van der Waals surface area (Å²) in [6.07, 6.45) is -4.83. The first-order valence-electron chi connectivity index (χ1n) is 7.67. The van der Waals surface area contributed by atoms with Gasteiger partial charge in [0.25, 0.3) is 0 Å². The minimum Gasteiger partial charge on any atom is -0.232 e. The van der Waals surface area contributed by atoms with Crippen LogP contribution < -0.4 is 0 Å². The number of nitrogens with zero attached hydrogens (tertiary/aromatic N) is 4. The van der Waals surface area contributed by atoms with Crippen molar-refractivity contribution in [2.45, 2.75) is 12.1 Å². The summed E-state index contributed by atoms with van der Waals surface area (Å²) in [6, 6.07) is 17.5. The molecule has 0 saturated carbocycles. The predicted molar refractivity (Wildman–Crippen MR) is 93.0 cm³/mol. The maximum absolute atomic E-state index is 13.7. The Bertz CT molecular complexity index is 1030. The quantitative estimate of drug-likeness (QED) is 0.610. The molecule has 0 aliphatic heterocycles. The summed E-state index contributed by atoms with van der Waals surface area (Å²) in [5.41, 5.74) is -0.980. The fourth-order valence-electron chi connectivity index (χ4n) is 2.71. The van der Waals surface area contributed by atoms with E-state index in [-0.39, 0.29) is 5.69 Å². The fraction of sp³-hybridized carbons (Fsp3) is 0.105. The van der Waals surface area contributed by atoms with Crippen molar-refractivity contribution < 1.29 is 13.2 Å². The highest BCUT2D eigenvalue weighted by molar-refractivity contribution is 6.30. The van der Waals surface area contributed by atoms with Gasteiger partial charge in [-0.1, -0.05) is 41.9 Å². The largest absolute Gasteiger partial charge is 0.435 e. The lowest BCUT2D eigenvalue weighted by atomic mass is 9.95. The van der Waals surface area contributed by atoms with Crippen molar-refractivity contribution in [2.24, 2.45) is 0 Å². The molecule has 0 amide bonds. The SMILES string of the molecule is N#CC(C#N)c1c(C(F)(F)F)nn(-c2ccccc2)c1-c1ccc(Cl)cc1. The van der Waals surface area contributed by atoms with Crippen LogP contribution in [0.5, 0.6) is 0 Å². The highest BCUT2D eigenvalue weighted by atomic mass is 35.5. The Balaban J connectivity index is 2.43. The van der Waals surface area contributed by atoms with Gasteiger partial charge in [-0.2, -0.15) is 28.8 Å². The monoisotopic (exact) mass is 386 g/mol. The zero-order valence-corrected chi connectivity index (χ0v) is 14.3. The normalized spacial score (nSPS) is 11.2. The maximum Gasteiger partial charge on any atom is 0.435 e. The summed E-state index contributed by atoms with van der Waals surface area (Å²) in [7, 11) is 0. The molecule has 0 N–H and O–H groups in total. The first-order valence-corrected chi connectivity index (χ1v) is 8.05. The highest BCUT2D eigenvalue weighted by Crippen LogP contribution is 2.41. The number of hydrogen-bond acceptors (Lipinski definition) is 3. The molecule has 0 atom stereocenters. The number of halogens is 4. The molecule has 1 heterocycles. The van der Waals surface area contributed by atoms with Crippen molar-refractivity contribution in [3.05, 3.63) is 70.9 Å². The van der Waals surface area contributed by atoms with E-state index in [0.717, 1.165) is 4.68 Å². The van der Waals surface area contributed by atoms with Crippen LogP contribution in [0.2, 0.25) is 5.02 Å². The van der Waals surface area contributed by atoms with Gasteiger partial charge in [-0.25, -0.2) is 4.68 Å². The zero-order chi connectivity index (χ0) is 19.6. The van der Waals surface area contributed by atoms with E-state index in [2.05, 4.69) is 5.10 Å². The Labute approximate surface area is 157 Å². The van der Waals surface area contributed by atoms with Crippen LogP contribution in [-0.2, 0) is 6.18 Å². The lowest BCUT2D eigenvalue weighted by molar-refractivity contribution is -0.141. The van der Waals surface area contributed by atoms with Gasteiger partial charge in [-0.15, -0.1) is 0 Å². The van der Waals surface area contributed by atoms with Gasteiger partial charge in [-0.3, -0.25) is 0 Å². The van der Waals surface area contributed by atoms with Crippen LogP contribution in [0.3, 0.4) is 0 Å². The van der Waals surface area contributed by atoms with Gasteiger partial charge >= 0.3 is 6.18 Å². The molecule has 0 fully saturated rings. The molecule has 0 aliphatic rings. The lowest BCUT2D eigenvalue weighted by Gasteiger charge is -2.11. The molecule has 3 rings (SSSR count). The van der Waals surface area contributed by atoms with Crippen LogP contribution in [0.4, 0.5) is 13.2 Å². The van der Waals surface area contributed by atoms with E-state index < -0.39 is 23.4 Å². The van der Waals surface area contributed by atoms with Crippen molar-refractivity contribution in [3.63, 3.8) is 0 Å². The van der Waals surface area contributed by atoms with Crippen molar-refractivity contribution in [1.82, 2.24) is 9.78 Å². The number of aromatic nitrogens is 2. The first-order chi connectivity index (χ1) is 12.9. The molecule has 2 aromatic carbocycles. The Morgan fingerprint density at radius 1 is 0.963 bits per heavy atom. The smallest absolute Gasteiger partial charge is 0.232 e. The predicted octanol–water partition coefficient (Wildman–Crippen LogP) is 5.34. The van der Waals surface area contributed by atoms with Crippen LogP contribution in [-0.4, -0.2) is 9.78 Å². The second kappa shape index (κ2) is 7.14. The average molecular weight is 387 g/mol. The van der Waals surface area contributed by atoms with E-state index in [4.69, 9.17) is 11.6 Å². The van der Waals surface area contributed by atoms with Crippen LogP contribution in [0.15, 0.2) is 54.6 Å². The Morgan fingerprint density at radius 2 is 1.56 bits per heavy atom. The van der Waals surface area contributed by atoms with Crippen LogP contribution in [0.1, 0.15) is 17.2 Å². The third kappa shape index (κ3) is 3.51. The third-order valence-electron chi connectivity index (χ3n) is 3.86. The van der Waals surface area contributed by atoms with Crippen molar-refractivity contribution >= 4 is 11.6 Å². The summed E-state index contributed by atoms with van der Waals surface area (Å²) in [5, 5.41) is 22.7. The Kier molecular flexibility index (Phi) is 4.89. The summed E-state index contributed by atoms with van der Waals surface area (Å²) in [4.78, 5) is 0. The zero-order valence-electron chi connectivity index (χ0n) is 13.6. The minimum absolute atomic E-state index is 0.0262. The molecule has 0 spiro atoms. The third-order valence-corrected chi connectivity index (χ3v) is 4.11. The first kappa shape index (κ1) is 18.5. The van der Waals surface area contributed by atoms with E-state index >= 15 is 0 Å². The van der Waals surface area contributed by atoms with Gasteiger partial charge in [0, 0.05) is 16.1 Å². The minimum atomic E-state index is -4.83. The summed E-state index contributed by atoms with van der Waals surface area (Å²) >= 11 is 5.88. The van der Waals surface area contributed by atoms with E-state index in [1.165, 1.54) is 24.3 Å². The molecular formula is C19H10ClF3N4. The van der Waals surface area contributed by atoms with Crippen molar-refractivity contribution in [1.29, 1.82) is 10.5 Å². The molecule has 0 saturated heterocycles.